The van der Waals surface area contributed by atoms with Crippen LogP contribution in [-0.2, 0) is 9.59 Å². The van der Waals surface area contributed by atoms with Crippen LogP contribution < -0.4 is 29.7 Å². The molecule has 10 nitrogen and oxygen atoms in total. The largest absolute Gasteiger partial charge is 0.497 e. The van der Waals surface area contributed by atoms with Crippen LogP contribution in [0.1, 0.15) is 28.4 Å². The Balaban J connectivity index is 1.67. The summed E-state index contributed by atoms with van der Waals surface area (Å²) in [5.41, 5.74) is 4.90. The molecule has 0 aliphatic rings. The number of amides is 2. The Kier molecular flexibility index (Phi) is 8.82. The lowest BCUT2D eigenvalue weighted by Crippen LogP contribution is -2.33. The number of hydrazone groups is 1. The van der Waals surface area contributed by atoms with Crippen molar-refractivity contribution < 1.29 is 33.3 Å². The number of rotatable bonds is 8. The zero-order chi connectivity index (χ0) is 26.9. The average Bonchev–Trinajstić information content (AvgIpc) is 2.92. The van der Waals surface area contributed by atoms with Gasteiger partial charge in [-0.25, -0.2) is 10.2 Å². The first-order chi connectivity index (χ1) is 17.7. The molecule has 2 amide bonds. The number of anilines is 1. The number of methoxy groups -OCH3 is 3. The van der Waals surface area contributed by atoms with Gasteiger partial charge < -0.3 is 24.3 Å². The third-order valence-corrected chi connectivity index (χ3v) is 5.26. The van der Waals surface area contributed by atoms with Crippen LogP contribution in [0.3, 0.4) is 0 Å². The Morgan fingerprint density at radius 1 is 0.730 bits per heavy atom. The molecular weight excluding hydrogens is 478 g/mol. The number of carbonyl (C=O) groups is 3. The van der Waals surface area contributed by atoms with Crippen LogP contribution in [0.4, 0.5) is 5.69 Å². The zero-order valence-corrected chi connectivity index (χ0v) is 21.1. The predicted molar refractivity (Wildman–Crippen MR) is 138 cm³/mol. The summed E-state index contributed by atoms with van der Waals surface area (Å²) in [4.78, 5) is 37.1. The second kappa shape index (κ2) is 12.2. The molecular formula is C27H27N3O7. The third kappa shape index (κ3) is 6.85. The number of benzene rings is 3. The van der Waals surface area contributed by atoms with E-state index in [1.165, 1.54) is 21.3 Å². The molecule has 10 heteroatoms. The van der Waals surface area contributed by atoms with E-state index in [0.29, 0.717) is 39.8 Å². The van der Waals surface area contributed by atoms with Gasteiger partial charge in [0.15, 0.2) is 11.5 Å². The quantitative estimate of drug-likeness (QED) is 0.157. The van der Waals surface area contributed by atoms with Gasteiger partial charge in [-0.05, 0) is 56.3 Å². The highest BCUT2D eigenvalue weighted by Gasteiger charge is 2.17. The van der Waals surface area contributed by atoms with Gasteiger partial charge in [0.05, 0.1) is 38.3 Å². The minimum absolute atomic E-state index is 0.224. The molecule has 0 aliphatic carbocycles. The molecule has 0 atom stereocenters. The fourth-order valence-electron chi connectivity index (χ4n) is 3.16. The molecule has 37 heavy (non-hydrogen) atoms. The van der Waals surface area contributed by atoms with Crippen molar-refractivity contribution in [3.8, 4) is 23.0 Å². The van der Waals surface area contributed by atoms with Gasteiger partial charge in [-0.2, -0.15) is 5.10 Å². The van der Waals surface area contributed by atoms with Gasteiger partial charge in [0.1, 0.15) is 11.5 Å². The van der Waals surface area contributed by atoms with E-state index in [0.717, 1.165) is 5.56 Å². The SMILES string of the molecule is COc1ccc(NC(=O)C(=O)N/N=C(\C)c2ccc(OC(=O)c3ccc(C)cc3)c(OC)c2)c(OC)c1. The smallest absolute Gasteiger partial charge is 0.343 e. The number of hydrogen-bond donors (Lipinski definition) is 2. The first-order valence-electron chi connectivity index (χ1n) is 11.1. The summed E-state index contributed by atoms with van der Waals surface area (Å²) in [6.45, 7) is 3.56. The second-order valence-corrected chi connectivity index (χ2v) is 7.78. The van der Waals surface area contributed by atoms with Crippen LogP contribution in [0.15, 0.2) is 65.8 Å². The Morgan fingerprint density at radius 3 is 2.05 bits per heavy atom. The van der Waals surface area contributed by atoms with Gasteiger partial charge in [0.25, 0.3) is 0 Å². The normalized spacial score (nSPS) is 10.8. The number of hydrogen-bond acceptors (Lipinski definition) is 8. The Bertz CT molecular complexity index is 1330. The van der Waals surface area contributed by atoms with Crippen LogP contribution >= 0.6 is 0 Å². The topological polar surface area (TPSA) is 125 Å². The summed E-state index contributed by atoms with van der Waals surface area (Å²) in [6, 6.07) is 16.5. The minimum atomic E-state index is -0.979. The molecule has 0 spiro atoms. The second-order valence-electron chi connectivity index (χ2n) is 7.78. The molecule has 0 fully saturated rings. The maximum atomic E-state index is 12.5. The van der Waals surface area contributed by atoms with E-state index in [4.69, 9.17) is 18.9 Å². The van der Waals surface area contributed by atoms with Crippen LogP contribution in [0.2, 0.25) is 0 Å². The van der Waals surface area contributed by atoms with Crippen molar-refractivity contribution in [2.24, 2.45) is 5.10 Å². The molecule has 2 N–H and O–H groups in total. The first kappa shape index (κ1) is 26.7. The van der Waals surface area contributed by atoms with Crippen molar-refractivity contribution in [1.82, 2.24) is 5.43 Å². The lowest BCUT2D eigenvalue weighted by Gasteiger charge is -2.12. The van der Waals surface area contributed by atoms with Gasteiger partial charge in [0, 0.05) is 11.6 Å². The first-order valence-corrected chi connectivity index (χ1v) is 11.1. The van der Waals surface area contributed by atoms with E-state index >= 15 is 0 Å². The lowest BCUT2D eigenvalue weighted by atomic mass is 10.1. The van der Waals surface area contributed by atoms with E-state index in [-0.39, 0.29) is 5.75 Å². The fourth-order valence-corrected chi connectivity index (χ4v) is 3.16. The minimum Gasteiger partial charge on any atom is -0.497 e. The van der Waals surface area contributed by atoms with Gasteiger partial charge >= 0.3 is 17.8 Å². The molecule has 0 saturated carbocycles. The van der Waals surface area contributed by atoms with Crippen molar-refractivity contribution in [3.05, 3.63) is 77.4 Å². The average molecular weight is 506 g/mol. The summed E-state index contributed by atoms with van der Waals surface area (Å²) in [5.74, 6) is -1.06. The molecule has 0 saturated heterocycles. The Hall–Kier alpha value is -4.86. The van der Waals surface area contributed by atoms with Crippen molar-refractivity contribution in [2.45, 2.75) is 13.8 Å². The summed E-state index contributed by atoms with van der Waals surface area (Å²) < 4.78 is 21.2. The number of esters is 1. The van der Waals surface area contributed by atoms with E-state index in [9.17, 15) is 14.4 Å². The highest BCUT2D eigenvalue weighted by Crippen LogP contribution is 2.30. The number of ether oxygens (including phenoxy) is 4. The van der Waals surface area contributed by atoms with E-state index in [1.807, 2.05) is 19.1 Å². The molecule has 192 valence electrons. The summed E-state index contributed by atoms with van der Waals surface area (Å²) in [6.07, 6.45) is 0. The van der Waals surface area contributed by atoms with Gasteiger partial charge in [0.2, 0.25) is 0 Å². The third-order valence-electron chi connectivity index (χ3n) is 5.26. The standard InChI is InChI=1S/C27H27N3O7/c1-16-6-8-18(9-7-16)27(33)37-22-13-10-19(14-24(22)36-5)17(2)29-30-26(32)25(31)28-21-12-11-20(34-3)15-23(21)35-4/h6-15H,1-5H3,(H,28,31)(H,30,32)/b29-17+. The Labute approximate surface area is 214 Å². The highest BCUT2D eigenvalue weighted by atomic mass is 16.6. The van der Waals surface area contributed by atoms with Crippen LogP contribution in [0.25, 0.3) is 0 Å². The molecule has 0 aromatic heterocycles. The molecule has 0 unspecified atom stereocenters. The van der Waals surface area contributed by atoms with E-state index < -0.39 is 17.8 Å². The highest BCUT2D eigenvalue weighted by molar-refractivity contribution is 6.39. The van der Waals surface area contributed by atoms with Crippen molar-refractivity contribution in [1.29, 1.82) is 0 Å². The van der Waals surface area contributed by atoms with Crippen molar-refractivity contribution >= 4 is 29.2 Å². The van der Waals surface area contributed by atoms with Crippen LogP contribution in [-0.4, -0.2) is 44.8 Å². The molecule has 3 aromatic carbocycles. The summed E-state index contributed by atoms with van der Waals surface area (Å²) in [7, 11) is 4.37. The fraction of sp³-hybridized carbons (Fsp3) is 0.185. The predicted octanol–water partition coefficient (Wildman–Crippen LogP) is 3.72. The van der Waals surface area contributed by atoms with E-state index in [2.05, 4.69) is 15.8 Å². The molecule has 0 bridgehead atoms. The molecule has 0 radical (unpaired) electrons. The van der Waals surface area contributed by atoms with Gasteiger partial charge in [-0.15, -0.1) is 0 Å². The Morgan fingerprint density at radius 2 is 1.41 bits per heavy atom. The zero-order valence-electron chi connectivity index (χ0n) is 21.1. The monoisotopic (exact) mass is 505 g/mol. The van der Waals surface area contributed by atoms with Gasteiger partial charge in [-0.3, -0.25) is 9.59 Å². The van der Waals surface area contributed by atoms with E-state index in [1.54, 1.807) is 55.5 Å². The van der Waals surface area contributed by atoms with Gasteiger partial charge in [-0.1, -0.05) is 17.7 Å². The maximum Gasteiger partial charge on any atom is 0.343 e. The number of carbonyl (C=O) groups excluding carboxylic acids is 3. The van der Waals surface area contributed by atoms with Crippen LogP contribution in [0, 0.1) is 6.92 Å². The molecule has 3 aromatic rings. The summed E-state index contributed by atoms with van der Waals surface area (Å²) in [5, 5.41) is 6.46. The molecule has 0 heterocycles. The van der Waals surface area contributed by atoms with Crippen molar-refractivity contribution in [2.75, 3.05) is 26.6 Å². The molecule has 0 aliphatic heterocycles. The maximum absolute atomic E-state index is 12.5. The number of nitrogens with one attached hydrogen (secondary N) is 2. The van der Waals surface area contributed by atoms with Crippen LogP contribution in [0.5, 0.6) is 23.0 Å². The summed E-state index contributed by atoms with van der Waals surface area (Å²) >= 11 is 0. The van der Waals surface area contributed by atoms with Crippen molar-refractivity contribution in [3.63, 3.8) is 0 Å². The molecule has 3 rings (SSSR count). The number of nitrogens with zero attached hydrogens (tertiary/aromatic N) is 1. The number of aryl methyl sites for hydroxylation is 1. The lowest BCUT2D eigenvalue weighted by molar-refractivity contribution is -0.136.